The Kier molecular flexibility index (Phi) is 6.29. The molecule has 0 unspecified atom stereocenters. The smallest absolute Gasteiger partial charge is 0.252 e. The number of rotatable bonds is 4. The molecule has 2 saturated heterocycles. The topological polar surface area (TPSA) is 60.9 Å². The van der Waals surface area contributed by atoms with Crippen LogP contribution in [0.1, 0.15) is 33.1 Å². The third kappa shape index (κ3) is 4.25. The van der Waals surface area contributed by atoms with E-state index in [2.05, 4.69) is 18.7 Å². The zero-order chi connectivity index (χ0) is 18.9. The van der Waals surface area contributed by atoms with E-state index in [9.17, 15) is 13.2 Å². The minimum atomic E-state index is -3.49. The molecule has 26 heavy (non-hydrogen) atoms. The molecule has 1 amide bonds. The van der Waals surface area contributed by atoms with Crippen molar-refractivity contribution >= 4 is 38.9 Å². The van der Waals surface area contributed by atoms with Gasteiger partial charge in [-0.1, -0.05) is 11.6 Å². The molecule has 6 nitrogen and oxygen atoms in total. The van der Waals surface area contributed by atoms with Crippen molar-refractivity contribution in [3.63, 3.8) is 0 Å². The fourth-order valence-electron chi connectivity index (χ4n) is 3.88. The van der Waals surface area contributed by atoms with Gasteiger partial charge in [0, 0.05) is 38.3 Å². The Balaban J connectivity index is 1.56. The molecule has 1 aromatic rings. The standard InChI is InChI=1S/C17H26ClN3O3S2/c1-13-4-3-5-14(2)21(13)16(22)12-19-8-10-20(11-9-19)26(23,24)17-7-6-15(18)25-17/h6-7,13-14H,3-5,8-12H2,1-2H3/t13-,14-/m1/s1. The predicted octanol–water partition coefficient (Wildman–Crippen LogP) is 2.50. The molecule has 3 rings (SSSR count). The summed E-state index contributed by atoms with van der Waals surface area (Å²) in [6, 6.07) is 3.74. The van der Waals surface area contributed by atoms with Crippen LogP contribution in [0.4, 0.5) is 0 Å². The molecule has 9 heteroatoms. The van der Waals surface area contributed by atoms with E-state index in [1.54, 1.807) is 12.1 Å². The number of thiophene rings is 1. The molecular formula is C17H26ClN3O3S2. The first-order valence-corrected chi connectivity index (χ1v) is 11.7. The highest BCUT2D eigenvalue weighted by molar-refractivity contribution is 7.91. The maximum Gasteiger partial charge on any atom is 0.252 e. The fourth-order valence-corrected chi connectivity index (χ4v) is 6.94. The zero-order valence-corrected chi connectivity index (χ0v) is 17.6. The van der Waals surface area contributed by atoms with Crippen LogP contribution in [0.2, 0.25) is 4.34 Å². The first-order valence-electron chi connectivity index (χ1n) is 9.08. The second-order valence-electron chi connectivity index (χ2n) is 7.17. The van der Waals surface area contributed by atoms with Gasteiger partial charge in [-0.3, -0.25) is 9.69 Å². The third-order valence-corrected chi connectivity index (χ3v) is 8.91. The number of sulfonamides is 1. The molecule has 0 radical (unpaired) electrons. The Hall–Kier alpha value is -0.670. The average molecular weight is 420 g/mol. The zero-order valence-electron chi connectivity index (χ0n) is 15.2. The molecule has 0 spiro atoms. The molecule has 2 fully saturated rings. The van der Waals surface area contributed by atoms with Crippen molar-refractivity contribution in [2.75, 3.05) is 32.7 Å². The number of amides is 1. The van der Waals surface area contributed by atoms with Crippen LogP contribution in [0, 0.1) is 0 Å². The number of hydrogen-bond acceptors (Lipinski definition) is 5. The molecule has 2 aliphatic heterocycles. The number of carbonyl (C=O) groups excluding carboxylic acids is 1. The van der Waals surface area contributed by atoms with Crippen LogP contribution >= 0.6 is 22.9 Å². The number of hydrogen-bond donors (Lipinski definition) is 0. The van der Waals surface area contributed by atoms with Crippen molar-refractivity contribution in [2.45, 2.75) is 49.4 Å². The van der Waals surface area contributed by atoms with Gasteiger partial charge in [0.15, 0.2) is 0 Å². The fraction of sp³-hybridized carbons (Fsp3) is 0.706. The van der Waals surface area contributed by atoms with E-state index in [4.69, 9.17) is 11.6 Å². The normalized spacial score (nSPS) is 26.2. The van der Waals surface area contributed by atoms with E-state index in [0.717, 1.165) is 24.2 Å². The van der Waals surface area contributed by atoms with Gasteiger partial charge in [-0.2, -0.15) is 4.31 Å². The van der Waals surface area contributed by atoms with Gasteiger partial charge in [0.1, 0.15) is 4.21 Å². The van der Waals surface area contributed by atoms with Crippen LogP contribution in [0.5, 0.6) is 0 Å². The molecule has 0 N–H and O–H groups in total. The van der Waals surface area contributed by atoms with Crippen LogP contribution in [-0.4, -0.2) is 73.2 Å². The molecule has 1 aromatic heterocycles. The number of carbonyl (C=O) groups is 1. The number of piperazine rings is 1. The highest BCUT2D eigenvalue weighted by Crippen LogP contribution is 2.28. The number of halogens is 1. The molecule has 0 saturated carbocycles. The second kappa shape index (κ2) is 8.14. The SMILES string of the molecule is C[C@@H]1CCC[C@@H](C)N1C(=O)CN1CCN(S(=O)(=O)c2ccc(Cl)s2)CC1. The lowest BCUT2D eigenvalue weighted by Crippen LogP contribution is -2.54. The highest BCUT2D eigenvalue weighted by Gasteiger charge is 2.33. The Bertz CT molecular complexity index is 734. The van der Waals surface area contributed by atoms with Crippen LogP contribution in [0.25, 0.3) is 0 Å². The average Bonchev–Trinajstić information content (AvgIpc) is 3.02. The summed E-state index contributed by atoms with van der Waals surface area (Å²) in [6.45, 7) is 6.54. The lowest BCUT2D eigenvalue weighted by molar-refractivity contribution is -0.138. The monoisotopic (exact) mass is 419 g/mol. The highest BCUT2D eigenvalue weighted by atomic mass is 35.5. The molecule has 3 heterocycles. The number of nitrogens with zero attached hydrogens (tertiary/aromatic N) is 3. The lowest BCUT2D eigenvalue weighted by Gasteiger charge is -2.41. The van der Waals surface area contributed by atoms with Crippen molar-refractivity contribution in [1.29, 1.82) is 0 Å². The largest absolute Gasteiger partial charge is 0.336 e. The van der Waals surface area contributed by atoms with Crippen molar-refractivity contribution in [2.24, 2.45) is 0 Å². The van der Waals surface area contributed by atoms with Crippen LogP contribution in [0.3, 0.4) is 0 Å². The van der Waals surface area contributed by atoms with E-state index >= 15 is 0 Å². The van der Waals surface area contributed by atoms with Crippen molar-refractivity contribution in [3.05, 3.63) is 16.5 Å². The van der Waals surface area contributed by atoms with E-state index < -0.39 is 10.0 Å². The van der Waals surface area contributed by atoms with Crippen molar-refractivity contribution in [1.82, 2.24) is 14.1 Å². The van der Waals surface area contributed by atoms with E-state index in [0.29, 0.717) is 37.1 Å². The summed E-state index contributed by atoms with van der Waals surface area (Å²) in [7, 11) is -3.49. The van der Waals surface area contributed by atoms with E-state index in [-0.39, 0.29) is 22.2 Å². The Morgan fingerprint density at radius 3 is 2.31 bits per heavy atom. The van der Waals surface area contributed by atoms with Gasteiger partial charge in [0.05, 0.1) is 10.9 Å². The first kappa shape index (κ1) is 20.1. The van der Waals surface area contributed by atoms with Gasteiger partial charge >= 0.3 is 0 Å². The predicted molar refractivity (Wildman–Crippen MR) is 104 cm³/mol. The second-order valence-corrected chi connectivity index (χ2v) is 11.0. The minimum Gasteiger partial charge on any atom is -0.336 e. The summed E-state index contributed by atoms with van der Waals surface area (Å²) >= 11 is 6.95. The van der Waals surface area contributed by atoms with Gasteiger partial charge < -0.3 is 4.90 Å². The molecule has 0 aromatic carbocycles. The summed E-state index contributed by atoms with van der Waals surface area (Å²) in [5, 5.41) is 0. The lowest BCUT2D eigenvalue weighted by atomic mass is 9.97. The van der Waals surface area contributed by atoms with Crippen LogP contribution in [0.15, 0.2) is 16.3 Å². The molecule has 0 aliphatic carbocycles. The van der Waals surface area contributed by atoms with Crippen LogP contribution < -0.4 is 0 Å². The summed E-state index contributed by atoms with van der Waals surface area (Å²) < 4.78 is 27.5. The minimum absolute atomic E-state index is 0.158. The maximum absolute atomic E-state index is 12.7. The molecule has 2 aliphatic rings. The van der Waals surface area contributed by atoms with Crippen LogP contribution in [-0.2, 0) is 14.8 Å². The van der Waals surface area contributed by atoms with Gasteiger partial charge in [0.2, 0.25) is 5.91 Å². The Labute approximate surface area is 164 Å². The summed E-state index contributed by atoms with van der Waals surface area (Å²) in [5.41, 5.74) is 0. The van der Waals surface area contributed by atoms with E-state index in [1.165, 1.54) is 10.7 Å². The van der Waals surface area contributed by atoms with Gasteiger partial charge in [-0.25, -0.2) is 8.42 Å². The number of piperidine rings is 1. The van der Waals surface area contributed by atoms with Crippen molar-refractivity contribution < 1.29 is 13.2 Å². The van der Waals surface area contributed by atoms with Gasteiger partial charge in [-0.15, -0.1) is 11.3 Å². The molecular weight excluding hydrogens is 394 g/mol. The Morgan fingerprint density at radius 1 is 1.15 bits per heavy atom. The quantitative estimate of drug-likeness (QED) is 0.752. The van der Waals surface area contributed by atoms with Gasteiger partial charge in [-0.05, 0) is 45.2 Å². The third-order valence-electron chi connectivity index (χ3n) is 5.31. The summed E-state index contributed by atoms with van der Waals surface area (Å²) in [4.78, 5) is 16.8. The molecule has 0 bridgehead atoms. The first-order chi connectivity index (χ1) is 12.3. The summed E-state index contributed by atoms with van der Waals surface area (Å²) in [5.74, 6) is 0.158. The molecule has 2 atom stereocenters. The summed E-state index contributed by atoms with van der Waals surface area (Å²) in [6.07, 6.45) is 3.30. The van der Waals surface area contributed by atoms with Gasteiger partial charge in [0.25, 0.3) is 10.0 Å². The maximum atomic E-state index is 12.7. The van der Waals surface area contributed by atoms with Crippen molar-refractivity contribution in [3.8, 4) is 0 Å². The van der Waals surface area contributed by atoms with E-state index in [1.807, 2.05) is 4.90 Å². The Morgan fingerprint density at radius 2 is 1.77 bits per heavy atom. The molecule has 146 valence electrons. The number of likely N-dealkylation sites (tertiary alicyclic amines) is 1.